The molecule has 0 spiro atoms. The lowest BCUT2D eigenvalue weighted by Gasteiger charge is -2.17. The zero-order valence-corrected chi connectivity index (χ0v) is 20.2. The summed E-state index contributed by atoms with van der Waals surface area (Å²) in [5, 5.41) is 23.0. The Kier molecular flexibility index (Phi) is 8.51. The summed E-state index contributed by atoms with van der Waals surface area (Å²) in [5.74, 6) is -0.430. The van der Waals surface area contributed by atoms with Gasteiger partial charge in [0.05, 0.1) is 18.0 Å². The molecule has 0 saturated carbocycles. The minimum atomic E-state index is -3.94. The Balaban J connectivity index is 1.49. The Morgan fingerprint density at radius 1 is 1.22 bits per heavy atom. The van der Waals surface area contributed by atoms with Gasteiger partial charge in [0.25, 0.3) is 5.69 Å². The normalized spacial score (nSPS) is 13.6. The number of likely N-dealkylation sites (N-methyl/N-ethyl adjacent to an activating group) is 1. The maximum Gasteiger partial charge on any atom is 0.413 e. The number of nitrogens with zero attached hydrogens (tertiary/aromatic N) is 4. The van der Waals surface area contributed by atoms with Crippen molar-refractivity contribution in [2.24, 2.45) is 4.99 Å². The Morgan fingerprint density at radius 3 is 2.58 bits per heavy atom. The molecule has 0 radical (unpaired) electrons. The largest absolute Gasteiger partial charge is 0.465 e. The summed E-state index contributed by atoms with van der Waals surface area (Å²) >= 11 is 0. The van der Waals surface area contributed by atoms with Crippen molar-refractivity contribution >= 4 is 33.4 Å². The average Bonchev–Trinajstić information content (AvgIpc) is 3.34. The number of hydrogen-bond acceptors (Lipinski definition) is 8. The predicted octanol–water partition coefficient (Wildman–Crippen LogP) is 1.87. The molecule has 2 aromatic rings. The fraction of sp³-hybridized carbons (Fsp3) is 0.261. The quantitative estimate of drug-likeness (QED) is 0.210. The molecule has 3 rings (SSSR count). The molecule has 190 valence electrons. The van der Waals surface area contributed by atoms with Crippen LogP contribution in [0.3, 0.4) is 0 Å². The van der Waals surface area contributed by atoms with Crippen LogP contribution in [0.4, 0.5) is 10.5 Å². The molecule has 2 N–H and O–H groups in total. The van der Waals surface area contributed by atoms with Gasteiger partial charge in [-0.3, -0.25) is 30.1 Å². The number of carbonyl (C=O) groups excluding carboxylic acids is 1. The van der Waals surface area contributed by atoms with E-state index in [1.165, 1.54) is 40.2 Å². The van der Waals surface area contributed by atoms with Crippen LogP contribution in [0.25, 0.3) is 0 Å². The predicted molar refractivity (Wildman–Crippen MR) is 131 cm³/mol. The van der Waals surface area contributed by atoms with E-state index in [1.54, 1.807) is 31.3 Å². The number of sulfone groups is 1. The molecule has 0 saturated heterocycles. The lowest BCUT2D eigenvalue weighted by atomic mass is 10.1. The number of nitrogens with one attached hydrogen (secondary N) is 1. The van der Waals surface area contributed by atoms with Crippen LogP contribution in [0.15, 0.2) is 70.6 Å². The van der Waals surface area contributed by atoms with Crippen LogP contribution in [-0.2, 0) is 21.2 Å². The number of aliphatic imine (C=N–C) groups is 1. The summed E-state index contributed by atoms with van der Waals surface area (Å²) in [7, 11) is -2.33. The molecular weight excluding hydrogens is 490 g/mol. The van der Waals surface area contributed by atoms with Crippen LogP contribution >= 0.6 is 0 Å². The third-order valence-corrected chi connectivity index (χ3v) is 6.89. The van der Waals surface area contributed by atoms with Crippen molar-refractivity contribution in [2.45, 2.75) is 11.4 Å². The molecule has 0 bridgehead atoms. The molecule has 0 aromatic heterocycles. The Labute approximate surface area is 207 Å². The topological polar surface area (TPSA) is 163 Å². The first-order chi connectivity index (χ1) is 17.1. The van der Waals surface area contributed by atoms with E-state index in [0.717, 1.165) is 11.6 Å². The third-order valence-electron chi connectivity index (χ3n) is 5.29. The number of amidine groups is 1. The fourth-order valence-electron chi connectivity index (χ4n) is 3.50. The SMILES string of the molecule is CN(Cc1ccc(C2=NCCN2C(=O)O)cc1)C(=O)C=CCNCS(=O)(=O)c1ccccc1[N+](=O)[O-]. The summed E-state index contributed by atoms with van der Waals surface area (Å²) in [6.45, 7) is 1.11. The second kappa shape index (κ2) is 11.6. The van der Waals surface area contributed by atoms with E-state index in [2.05, 4.69) is 10.3 Å². The Hall–Kier alpha value is -4.10. The van der Waals surface area contributed by atoms with Crippen LogP contribution in [0.2, 0.25) is 0 Å². The molecule has 0 atom stereocenters. The number of carbonyl (C=O) groups is 2. The lowest BCUT2D eigenvalue weighted by molar-refractivity contribution is -0.387. The van der Waals surface area contributed by atoms with Gasteiger partial charge in [-0.05, 0) is 11.6 Å². The number of amides is 2. The smallest absolute Gasteiger partial charge is 0.413 e. The zero-order valence-electron chi connectivity index (χ0n) is 19.4. The van der Waals surface area contributed by atoms with Gasteiger partial charge in [-0.2, -0.15) is 0 Å². The van der Waals surface area contributed by atoms with Crippen molar-refractivity contribution < 1.29 is 28.0 Å². The molecule has 1 heterocycles. The Morgan fingerprint density at radius 2 is 1.92 bits per heavy atom. The van der Waals surface area contributed by atoms with Crippen molar-refractivity contribution in [3.05, 3.63) is 81.9 Å². The van der Waals surface area contributed by atoms with E-state index in [0.29, 0.717) is 31.0 Å². The summed E-state index contributed by atoms with van der Waals surface area (Å²) in [6.07, 6.45) is 1.72. The fourth-order valence-corrected chi connectivity index (χ4v) is 4.79. The van der Waals surface area contributed by atoms with Gasteiger partial charge >= 0.3 is 6.09 Å². The summed E-state index contributed by atoms with van der Waals surface area (Å²) in [6, 6.07) is 12.2. The minimum absolute atomic E-state index is 0.0658. The first-order valence-corrected chi connectivity index (χ1v) is 12.5. The minimum Gasteiger partial charge on any atom is -0.465 e. The van der Waals surface area contributed by atoms with Gasteiger partial charge in [-0.15, -0.1) is 0 Å². The number of nitro benzene ring substituents is 1. The van der Waals surface area contributed by atoms with Crippen LogP contribution in [0.1, 0.15) is 11.1 Å². The molecule has 36 heavy (non-hydrogen) atoms. The molecule has 0 aliphatic carbocycles. The number of benzene rings is 2. The van der Waals surface area contributed by atoms with E-state index >= 15 is 0 Å². The first-order valence-electron chi connectivity index (χ1n) is 10.8. The molecule has 12 nitrogen and oxygen atoms in total. The second-order valence-electron chi connectivity index (χ2n) is 7.87. The lowest BCUT2D eigenvalue weighted by Crippen LogP contribution is -2.33. The number of rotatable bonds is 10. The maximum atomic E-state index is 12.4. The van der Waals surface area contributed by atoms with E-state index in [9.17, 15) is 33.2 Å². The van der Waals surface area contributed by atoms with Gasteiger partial charge in [0, 0.05) is 37.8 Å². The van der Waals surface area contributed by atoms with Crippen molar-refractivity contribution in [3.63, 3.8) is 0 Å². The van der Waals surface area contributed by atoms with Gasteiger partial charge in [0.1, 0.15) is 16.6 Å². The number of para-hydroxylation sites is 1. The molecule has 0 unspecified atom stereocenters. The van der Waals surface area contributed by atoms with Gasteiger partial charge in [0.2, 0.25) is 5.91 Å². The molecule has 13 heteroatoms. The zero-order chi connectivity index (χ0) is 26.3. The van der Waals surface area contributed by atoms with Crippen LogP contribution < -0.4 is 5.32 Å². The average molecular weight is 516 g/mol. The molecule has 2 aromatic carbocycles. The van der Waals surface area contributed by atoms with Gasteiger partial charge in [-0.1, -0.05) is 42.5 Å². The monoisotopic (exact) mass is 515 g/mol. The number of hydrogen-bond donors (Lipinski definition) is 2. The van der Waals surface area contributed by atoms with E-state index in [1.807, 2.05) is 0 Å². The number of carboxylic acid groups (broad SMARTS) is 1. The van der Waals surface area contributed by atoms with Crippen molar-refractivity contribution in [1.29, 1.82) is 0 Å². The van der Waals surface area contributed by atoms with Crippen LogP contribution in [0.5, 0.6) is 0 Å². The summed E-state index contributed by atoms with van der Waals surface area (Å²) in [4.78, 5) is 40.5. The van der Waals surface area contributed by atoms with Gasteiger partial charge in [-0.25, -0.2) is 13.2 Å². The highest BCUT2D eigenvalue weighted by molar-refractivity contribution is 7.91. The van der Waals surface area contributed by atoms with Crippen LogP contribution in [0, 0.1) is 10.1 Å². The molecule has 0 fully saturated rings. The van der Waals surface area contributed by atoms with Gasteiger partial charge < -0.3 is 10.0 Å². The standard InChI is InChI=1S/C23H25N5O7S/c1-26(15-17-8-10-18(11-9-17)22-25-13-14-27(22)23(30)31)21(29)7-4-12-24-16-36(34,35)20-6-3-2-5-19(20)28(32)33/h2-11,24H,12-16H2,1H3,(H,30,31). The summed E-state index contributed by atoms with van der Waals surface area (Å²) in [5.41, 5.74) is 1.02. The van der Waals surface area contributed by atoms with E-state index < -0.39 is 32.4 Å². The molecular formula is C23H25N5O7S. The van der Waals surface area contributed by atoms with Gasteiger partial charge in [0.15, 0.2) is 9.84 Å². The van der Waals surface area contributed by atoms with Crippen LogP contribution in [-0.4, -0.2) is 78.6 Å². The highest BCUT2D eigenvalue weighted by Crippen LogP contribution is 2.23. The van der Waals surface area contributed by atoms with E-state index in [-0.39, 0.29) is 17.3 Å². The first kappa shape index (κ1) is 26.5. The maximum absolute atomic E-state index is 12.4. The van der Waals surface area contributed by atoms with Crippen molar-refractivity contribution in [1.82, 2.24) is 15.1 Å². The highest BCUT2D eigenvalue weighted by Gasteiger charge is 2.25. The Bertz CT molecular complexity index is 1310. The van der Waals surface area contributed by atoms with Crippen molar-refractivity contribution in [2.75, 3.05) is 32.6 Å². The molecule has 1 aliphatic heterocycles. The van der Waals surface area contributed by atoms with E-state index in [4.69, 9.17) is 0 Å². The molecule has 1 aliphatic rings. The highest BCUT2D eigenvalue weighted by atomic mass is 32.2. The molecule has 2 amide bonds. The van der Waals surface area contributed by atoms with Crippen molar-refractivity contribution in [3.8, 4) is 0 Å². The summed E-state index contributed by atoms with van der Waals surface area (Å²) < 4.78 is 24.8. The number of nitro groups is 1. The third kappa shape index (κ3) is 6.52. The second-order valence-corrected chi connectivity index (χ2v) is 9.83.